The van der Waals surface area contributed by atoms with Gasteiger partial charge in [0.1, 0.15) is 15.5 Å². The van der Waals surface area contributed by atoms with Crippen LogP contribution in [0, 0.1) is 0 Å². The van der Waals surface area contributed by atoms with Crippen LogP contribution in [0.4, 0.5) is 11.5 Å². The second kappa shape index (κ2) is 12.5. The van der Waals surface area contributed by atoms with Crippen LogP contribution in [0.25, 0.3) is 10.2 Å². The van der Waals surface area contributed by atoms with E-state index in [1.807, 2.05) is 0 Å². The Morgan fingerprint density at radius 2 is 1.77 bits per heavy atom. The van der Waals surface area contributed by atoms with Crippen molar-refractivity contribution in [3.63, 3.8) is 0 Å². The number of rotatable bonds is 12. The summed E-state index contributed by atoms with van der Waals surface area (Å²) in [5.41, 5.74) is 19.8. The number of nitrogen functional groups attached to an aromatic ring is 1. The zero-order valence-electron chi connectivity index (χ0n) is 23.7. The smallest absolute Gasteiger partial charge is 0.260 e. The number of amides is 2. The van der Waals surface area contributed by atoms with Crippen LogP contribution < -0.4 is 27.4 Å². The first-order valence-corrected chi connectivity index (χ1v) is 15.0. The van der Waals surface area contributed by atoms with Crippen LogP contribution in [0.5, 0.6) is 0 Å². The van der Waals surface area contributed by atoms with Crippen molar-refractivity contribution in [2.45, 2.75) is 83.4 Å². The predicted molar refractivity (Wildman–Crippen MR) is 163 cm³/mol. The summed E-state index contributed by atoms with van der Waals surface area (Å²) in [6, 6.07) is 9.33. The number of hydrogen-bond donors (Lipinski definition) is 5. The van der Waals surface area contributed by atoms with Crippen LogP contribution in [0.2, 0.25) is 0 Å². The molecule has 1 aromatic carbocycles. The van der Waals surface area contributed by atoms with Crippen molar-refractivity contribution in [1.29, 1.82) is 0 Å². The highest BCUT2D eigenvalue weighted by Gasteiger charge is 2.33. The lowest BCUT2D eigenvalue weighted by Gasteiger charge is -2.42. The molecule has 1 atom stereocenters. The van der Waals surface area contributed by atoms with Crippen LogP contribution in [0.3, 0.4) is 0 Å². The SMILES string of the molecule is CCCc1cc(N2CCC(NC(CC)(CC)CC(O)c3ccc(C(N)=O)cc3)CC2)nc2sc(C(N)=O)c(N)c12. The number of carbonyl (C=O) groups excluding carboxylic acids is 2. The summed E-state index contributed by atoms with van der Waals surface area (Å²) in [4.78, 5) is 31.7. The van der Waals surface area contributed by atoms with E-state index < -0.39 is 17.9 Å². The van der Waals surface area contributed by atoms with Crippen LogP contribution in [-0.2, 0) is 6.42 Å². The van der Waals surface area contributed by atoms with Gasteiger partial charge in [0.25, 0.3) is 5.91 Å². The fourth-order valence-corrected chi connectivity index (χ4v) is 6.83. The molecule has 3 heterocycles. The molecule has 40 heavy (non-hydrogen) atoms. The molecule has 3 aromatic rings. The minimum atomic E-state index is -0.647. The zero-order valence-corrected chi connectivity index (χ0v) is 24.5. The number of pyridine rings is 1. The van der Waals surface area contributed by atoms with Crippen molar-refractivity contribution in [2.75, 3.05) is 23.7 Å². The Morgan fingerprint density at radius 1 is 1.12 bits per heavy atom. The molecule has 4 rings (SSSR count). The van der Waals surface area contributed by atoms with E-state index in [4.69, 9.17) is 22.2 Å². The van der Waals surface area contributed by atoms with Gasteiger partial charge in [0.15, 0.2) is 0 Å². The molecule has 0 saturated carbocycles. The molecule has 1 fully saturated rings. The molecule has 216 valence electrons. The third-order valence-corrected chi connectivity index (χ3v) is 9.47. The lowest BCUT2D eigenvalue weighted by molar-refractivity contribution is 0.0991. The molecule has 0 radical (unpaired) electrons. The van der Waals surface area contributed by atoms with Gasteiger partial charge >= 0.3 is 0 Å². The second-order valence-electron chi connectivity index (χ2n) is 10.9. The number of piperidine rings is 1. The van der Waals surface area contributed by atoms with Crippen molar-refractivity contribution in [1.82, 2.24) is 10.3 Å². The topological polar surface area (TPSA) is 161 Å². The van der Waals surface area contributed by atoms with Crippen molar-refractivity contribution in [3.8, 4) is 0 Å². The Kier molecular flexibility index (Phi) is 9.33. The van der Waals surface area contributed by atoms with Gasteiger partial charge in [-0.15, -0.1) is 11.3 Å². The van der Waals surface area contributed by atoms with E-state index in [2.05, 4.69) is 37.1 Å². The molecular weight excluding hydrogens is 524 g/mol. The number of primary amides is 2. The largest absolute Gasteiger partial charge is 0.397 e. The molecule has 10 heteroatoms. The van der Waals surface area contributed by atoms with Gasteiger partial charge in [-0.2, -0.15) is 0 Å². The third kappa shape index (κ3) is 6.24. The number of aliphatic hydroxyl groups excluding tert-OH is 1. The number of carbonyl (C=O) groups is 2. The molecule has 1 unspecified atom stereocenters. The van der Waals surface area contributed by atoms with Gasteiger partial charge in [0.05, 0.1) is 11.8 Å². The number of benzene rings is 1. The maximum Gasteiger partial charge on any atom is 0.260 e. The molecule has 2 amide bonds. The monoisotopic (exact) mass is 566 g/mol. The van der Waals surface area contributed by atoms with Crippen LogP contribution in [0.1, 0.15) is 96.6 Å². The summed E-state index contributed by atoms with van der Waals surface area (Å²) in [7, 11) is 0. The number of hydrogen-bond acceptors (Lipinski definition) is 8. The number of aromatic nitrogens is 1. The summed E-state index contributed by atoms with van der Waals surface area (Å²) < 4.78 is 0. The Labute approximate surface area is 240 Å². The number of nitrogens with two attached hydrogens (primary N) is 3. The van der Waals surface area contributed by atoms with Gasteiger partial charge in [-0.25, -0.2) is 4.98 Å². The van der Waals surface area contributed by atoms with E-state index in [9.17, 15) is 14.7 Å². The van der Waals surface area contributed by atoms with Crippen molar-refractivity contribution < 1.29 is 14.7 Å². The average Bonchev–Trinajstić information content (AvgIpc) is 3.30. The first kappa shape index (κ1) is 29.8. The number of fused-ring (bicyclic) bond motifs is 1. The molecule has 1 saturated heterocycles. The number of aliphatic hydroxyl groups is 1. The highest BCUT2D eigenvalue weighted by atomic mass is 32.1. The molecule has 9 nitrogen and oxygen atoms in total. The molecule has 0 spiro atoms. The van der Waals surface area contributed by atoms with Gasteiger partial charge in [-0.05, 0) is 67.9 Å². The predicted octanol–water partition coefficient (Wildman–Crippen LogP) is 4.27. The van der Waals surface area contributed by atoms with E-state index >= 15 is 0 Å². The second-order valence-corrected chi connectivity index (χ2v) is 11.9. The number of thiophene rings is 1. The van der Waals surface area contributed by atoms with Gasteiger partial charge in [-0.3, -0.25) is 9.59 Å². The number of nitrogens with one attached hydrogen (secondary N) is 1. The van der Waals surface area contributed by atoms with Gasteiger partial charge < -0.3 is 32.5 Å². The minimum Gasteiger partial charge on any atom is -0.397 e. The van der Waals surface area contributed by atoms with Crippen molar-refractivity contribution in [3.05, 3.63) is 51.9 Å². The number of anilines is 2. The maximum absolute atomic E-state index is 11.9. The molecular formula is C30H42N6O3S. The maximum atomic E-state index is 11.9. The standard InChI is InChI=1S/C30H42N6O3S/c1-4-7-20-16-23(34-29-24(20)25(31)26(40-29)28(33)39)36-14-12-21(13-15-36)35-30(5-2,6-3)17-22(37)18-8-10-19(11-9-18)27(32)38/h8-11,16,21-22,35,37H,4-7,12-15,17,31H2,1-3H3,(H2,32,38)(H2,33,39). The average molecular weight is 567 g/mol. The normalized spacial score (nSPS) is 15.4. The van der Waals surface area contributed by atoms with E-state index in [1.54, 1.807) is 24.3 Å². The molecule has 0 bridgehead atoms. The van der Waals surface area contributed by atoms with Crippen LogP contribution in [0.15, 0.2) is 30.3 Å². The first-order valence-electron chi connectivity index (χ1n) is 14.2. The summed E-state index contributed by atoms with van der Waals surface area (Å²) in [5, 5.41) is 15.8. The van der Waals surface area contributed by atoms with E-state index in [-0.39, 0.29) is 5.54 Å². The summed E-state index contributed by atoms with van der Waals surface area (Å²) >= 11 is 1.27. The molecule has 1 aliphatic rings. The van der Waals surface area contributed by atoms with E-state index in [0.29, 0.717) is 28.6 Å². The van der Waals surface area contributed by atoms with E-state index in [1.165, 1.54) is 11.3 Å². The van der Waals surface area contributed by atoms with Gasteiger partial charge in [0, 0.05) is 35.6 Å². The third-order valence-electron chi connectivity index (χ3n) is 8.36. The summed E-state index contributed by atoms with van der Waals surface area (Å²) in [5.74, 6) is -0.0737. The summed E-state index contributed by atoms with van der Waals surface area (Å²) in [6.45, 7) is 8.16. The van der Waals surface area contributed by atoms with Crippen LogP contribution in [-0.4, -0.2) is 46.6 Å². The van der Waals surface area contributed by atoms with Gasteiger partial charge in [-0.1, -0.05) is 39.3 Å². The number of nitrogens with zero attached hydrogens (tertiary/aromatic N) is 2. The van der Waals surface area contributed by atoms with E-state index in [0.717, 1.165) is 78.8 Å². The highest BCUT2D eigenvalue weighted by Crippen LogP contribution is 2.38. The van der Waals surface area contributed by atoms with Crippen molar-refractivity contribution in [2.24, 2.45) is 11.5 Å². The molecule has 8 N–H and O–H groups in total. The molecule has 1 aliphatic heterocycles. The Hall–Kier alpha value is -3.21. The Morgan fingerprint density at radius 3 is 2.33 bits per heavy atom. The molecule has 0 aliphatic carbocycles. The minimum absolute atomic E-state index is 0.209. The lowest BCUT2D eigenvalue weighted by Crippen LogP contribution is -2.54. The van der Waals surface area contributed by atoms with Crippen LogP contribution >= 0.6 is 11.3 Å². The lowest BCUT2D eigenvalue weighted by atomic mass is 9.83. The quantitative estimate of drug-likeness (QED) is 0.219. The van der Waals surface area contributed by atoms with Gasteiger partial charge in [0.2, 0.25) is 5.91 Å². The zero-order chi connectivity index (χ0) is 29.0. The molecule has 2 aromatic heterocycles. The van der Waals surface area contributed by atoms with Crippen molar-refractivity contribution >= 4 is 44.9 Å². The number of aryl methyl sites for hydroxylation is 1. The first-order chi connectivity index (χ1) is 19.1. The summed E-state index contributed by atoms with van der Waals surface area (Å²) in [6.07, 6.45) is 5.43. The Balaban J connectivity index is 1.45. The fourth-order valence-electron chi connectivity index (χ4n) is 5.84. The Bertz CT molecular complexity index is 1340. The fraction of sp³-hybridized carbons (Fsp3) is 0.500. The highest BCUT2D eigenvalue weighted by molar-refractivity contribution is 7.21.